The Morgan fingerprint density at radius 1 is 1.12 bits per heavy atom. The van der Waals surface area contributed by atoms with Gasteiger partial charge in [-0.1, -0.05) is 12.1 Å². The Labute approximate surface area is 147 Å². The molecular formula is C19H15FN4O2. The van der Waals surface area contributed by atoms with Gasteiger partial charge in [-0.25, -0.2) is 9.18 Å². The molecule has 26 heavy (non-hydrogen) atoms. The van der Waals surface area contributed by atoms with Crippen molar-refractivity contribution in [1.29, 1.82) is 0 Å². The minimum atomic E-state index is -0.417. The standard InChI is InChI=1S/C19H15FN4O2/c1-11-3-8-16-14(9-17(25)26-18(16)12(11)2)10-24-22-19(21-23-24)13-4-6-15(20)7-5-13/h3-9H,10H2,1-2H3. The summed E-state index contributed by atoms with van der Waals surface area (Å²) in [5, 5.41) is 13.2. The van der Waals surface area contributed by atoms with Crippen molar-refractivity contribution in [3.05, 3.63) is 75.4 Å². The Hall–Kier alpha value is -3.35. The van der Waals surface area contributed by atoms with Gasteiger partial charge in [-0.05, 0) is 60.0 Å². The molecule has 4 aromatic rings. The van der Waals surface area contributed by atoms with Crippen LogP contribution in [0.1, 0.15) is 16.7 Å². The number of nitrogens with zero attached hydrogens (tertiary/aromatic N) is 4. The van der Waals surface area contributed by atoms with Crippen molar-refractivity contribution in [3.8, 4) is 11.4 Å². The first kappa shape index (κ1) is 16.1. The van der Waals surface area contributed by atoms with Gasteiger partial charge in [0.15, 0.2) is 0 Å². The molecule has 0 saturated carbocycles. The number of hydrogen-bond acceptors (Lipinski definition) is 5. The van der Waals surface area contributed by atoms with Gasteiger partial charge in [-0.15, -0.1) is 10.2 Å². The summed E-state index contributed by atoms with van der Waals surface area (Å²) in [4.78, 5) is 13.4. The zero-order chi connectivity index (χ0) is 18.3. The summed E-state index contributed by atoms with van der Waals surface area (Å²) in [5.74, 6) is 0.0681. The molecule has 7 heteroatoms. The van der Waals surface area contributed by atoms with Crippen molar-refractivity contribution in [2.24, 2.45) is 0 Å². The number of benzene rings is 2. The van der Waals surface area contributed by atoms with Crippen LogP contribution < -0.4 is 5.63 Å². The Morgan fingerprint density at radius 2 is 1.88 bits per heavy atom. The van der Waals surface area contributed by atoms with Crippen molar-refractivity contribution in [1.82, 2.24) is 20.2 Å². The zero-order valence-corrected chi connectivity index (χ0v) is 14.2. The van der Waals surface area contributed by atoms with Crippen LogP contribution in [0.5, 0.6) is 0 Å². The van der Waals surface area contributed by atoms with Crippen LogP contribution in [0, 0.1) is 19.7 Å². The van der Waals surface area contributed by atoms with E-state index in [-0.39, 0.29) is 12.4 Å². The number of rotatable bonds is 3. The zero-order valence-electron chi connectivity index (χ0n) is 14.2. The lowest BCUT2D eigenvalue weighted by Crippen LogP contribution is -2.09. The fourth-order valence-corrected chi connectivity index (χ4v) is 2.83. The smallest absolute Gasteiger partial charge is 0.336 e. The molecule has 2 aromatic carbocycles. The largest absolute Gasteiger partial charge is 0.422 e. The van der Waals surface area contributed by atoms with Gasteiger partial charge in [0.1, 0.15) is 11.4 Å². The molecule has 0 aliphatic heterocycles. The van der Waals surface area contributed by atoms with Crippen LogP contribution in [0.3, 0.4) is 0 Å². The Balaban J connectivity index is 1.73. The van der Waals surface area contributed by atoms with Gasteiger partial charge >= 0.3 is 5.63 Å². The summed E-state index contributed by atoms with van der Waals surface area (Å²) in [7, 11) is 0. The molecule has 0 fully saturated rings. The number of halogens is 1. The SMILES string of the molecule is Cc1ccc2c(Cn3nnc(-c4ccc(F)cc4)n3)cc(=O)oc2c1C. The first-order valence-electron chi connectivity index (χ1n) is 8.08. The molecular weight excluding hydrogens is 335 g/mol. The maximum atomic E-state index is 13.0. The lowest BCUT2D eigenvalue weighted by atomic mass is 10.0. The Kier molecular flexibility index (Phi) is 3.84. The van der Waals surface area contributed by atoms with Gasteiger partial charge in [-0.2, -0.15) is 4.80 Å². The van der Waals surface area contributed by atoms with Crippen molar-refractivity contribution in [3.63, 3.8) is 0 Å². The summed E-state index contributed by atoms with van der Waals surface area (Å²) in [5.41, 5.74) is 3.56. The highest BCUT2D eigenvalue weighted by molar-refractivity contribution is 5.83. The lowest BCUT2D eigenvalue weighted by Gasteiger charge is -2.08. The van der Waals surface area contributed by atoms with Gasteiger partial charge in [0.05, 0.1) is 6.54 Å². The second-order valence-corrected chi connectivity index (χ2v) is 6.13. The number of aromatic nitrogens is 4. The number of hydrogen-bond donors (Lipinski definition) is 0. The fourth-order valence-electron chi connectivity index (χ4n) is 2.83. The predicted molar refractivity (Wildman–Crippen MR) is 94.3 cm³/mol. The molecule has 0 spiro atoms. The summed E-state index contributed by atoms with van der Waals surface area (Å²) >= 11 is 0. The number of tetrazole rings is 1. The van der Waals surface area contributed by atoms with E-state index in [2.05, 4.69) is 15.4 Å². The molecule has 2 aromatic heterocycles. The third-order valence-electron chi connectivity index (χ3n) is 4.38. The third kappa shape index (κ3) is 2.88. The van der Waals surface area contributed by atoms with E-state index in [1.54, 1.807) is 12.1 Å². The second kappa shape index (κ2) is 6.18. The monoisotopic (exact) mass is 350 g/mol. The number of fused-ring (bicyclic) bond motifs is 1. The molecule has 0 aliphatic carbocycles. The first-order chi connectivity index (χ1) is 12.5. The minimum Gasteiger partial charge on any atom is -0.422 e. The molecule has 4 rings (SSSR count). The van der Waals surface area contributed by atoms with E-state index in [1.165, 1.54) is 23.0 Å². The Bertz CT molecular complexity index is 1160. The van der Waals surface area contributed by atoms with E-state index >= 15 is 0 Å². The average molecular weight is 350 g/mol. The van der Waals surface area contributed by atoms with Crippen LogP contribution in [-0.4, -0.2) is 20.2 Å². The maximum Gasteiger partial charge on any atom is 0.336 e. The first-order valence-corrected chi connectivity index (χ1v) is 8.08. The molecule has 0 radical (unpaired) electrons. The van der Waals surface area contributed by atoms with E-state index in [9.17, 15) is 9.18 Å². The van der Waals surface area contributed by atoms with Crippen LogP contribution >= 0.6 is 0 Å². The van der Waals surface area contributed by atoms with Gasteiger partial charge in [-0.3, -0.25) is 0 Å². The molecule has 0 amide bonds. The average Bonchev–Trinajstić information content (AvgIpc) is 3.07. The number of aryl methyl sites for hydroxylation is 2. The van der Waals surface area contributed by atoms with Crippen LogP contribution in [0.4, 0.5) is 4.39 Å². The van der Waals surface area contributed by atoms with Crippen molar-refractivity contribution >= 4 is 11.0 Å². The molecule has 0 saturated heterocycles. The van der Waals surface area contributed by atoms with E-state index in [4.69, 9.17) is 4.42 Å². The van der Waals surface area contributed by atoms with E-state index in [0.29, 0.717) is 17.0 Å². The molecule has 130 valence electrons. The predicted octanol–water partition coefficient (Wildman–Crippen LogP) is 3.25. The summed E-state index contributed by atoms with van der Waals surface area (Å²) in [6, 6.07) is 11.2. The topological polar surface area (TPSA) is 73.8 Å². The van der Waals surface area contributed by atoms with Gasteiger partial charge in [0.2, 0.25) is 5.82 Å². The molecule has 0 bridgehead atoms. The highest BCUT2D eigenvalue weighted by Gasteiger charge is 2.12. The minimum absolute atomic E-state index is 0.277. The normalized spacial score (nSPS) is 11.2. The van der Waals surface area contributed by atoms with Crippen LogP contribution in [0.25, 0.3) is 22.4 Å². The fraction of sp³-hybridized carbons (Fsp3) is 0.158. The molecule has 0 unspecified atom stereocenters. The summed E-state index contributed by atoms with van der Waals surface area (Å²) < 4.78 is 18.4. The summed E-state index contributed by atoms with van der Waals surface area (Å²) in [6.45, 7) is 4.17. The van der Waals surface area contributed by atoms with Crippen molar-refractivity contribution < 1.29 is 8.81 Å². The van der Waals surface area contributed by atoms with Crippen LogP contribution in [0.2, 0.25) is 0 Å². The van der Waals surface area contributed by atoms with E-state index < -0.39 is 5.63 Å². The molecule has 0 aliphatic rings. The van der Waals surface area contributed by atoms with Crippen molar-refractivity contribution in [2.75, 3.05) is 0 Å². The lowest BCUT2D eigenvalue weighted by molar-refractivity contribution is 0.543. The molecule has 2 heterocycles. The Morgan fingerprint density at radius 3 is 2.65 bits per heavy atom. The molecule has 0 atom stereocenters. The van der Waals surface area contributed by atoms with Gasteiger partial charge in [0, 0.05) is 17.0 Å². The van der Waals surface area contributed by atoms with Gasteiger partial charge < -0.3 is 4.42 Å². The third-order valence-corrected chi connectivity index (χ3v) is 4.38. The van der Waals surface area contributed by atoms with E-state index in [1.807, 2.05) is 26.0 Å². The highest BCUT2D eigenvalue weighted by atomic mass is 19.1. The summed E-state index contributed by atoms with van der Waals surface area (Å²) in [6.07, 6.45) is 0. The van der Waals surface area contributed by atoms with Crippen LogP contribution in [0.15, 0.2) is 51.7 Å². The van der Waals surface area contributed by atoms with Gasteiger partial charge in [0.25, 0.3) is 0 Å². The van der Waals surface area contributed by atoms with Crippen molar-refractivity contribution in [2.45, 2.75) is 20.4 Å². The highest BCUT2D eigenvalue weighted by Crippen LogP contribution is 2.23. The molecule has 6 nitrogen and oxygen atoms in total. The molecule has 0 N–H and O–H groups in total. The second-order valence-electron chi connectivity index (χ2n) is 6.13. The quantitative estimate of drug-likeness (QED) is 0.530. The van der Waals surface area contributed by atoms with Crippen LogP contribution in [-0.2, 0) is 6.54 Å². The maximum absolute atomic E-state index is 13.0. The van der Waals surface area contributed by atoms with E-state index in [0.717, 1.165) is 22.1 Å².